The van der Waals surface area contributed by atoms with Crippen LogP contribution >= 0.6 is 0 Å². The summed E-state index contributed by atoms with van der Waals surface area (Å²) < 4.78 is 0. The number of rotatable bonds is 2. The summed E-state index contributed by atoms with van der Waals surface area (Å²) in [4.78, 5) is 11.4. The minimum absolute atomic E-state index is 0.267. The molecule has 1 fully saturated rings. The summed E-state index contributed by atoms with van der Waals surface area (Å²) in [6, 6.07) is 3.65. The van der Waals surface area contributed by atoms with Crippen molar-refractivity contribution in [2.75, 3.05) is 0 Å². The van der Waals surface area contributed by atoms with Crippen LogP contribution < -0.4 is 5.32 Å². The number of carbonyl (C=O) groups excluding carboxylic acids is 1. The zero-order valence-electron chi connectivity index (χ0n) is 6.87. The first kappa shape index (κ1) is 7.80. The van der Waals surface area contributed by atoms with Gasteiger partial charge in [-0.1, -0.05) is 0 Å². The largest absolute Gasteiger partial charge is 0.332 e. The topological polar surface area (TPSA) is 81.6 Å². The van der Waals surface area contributed by atoms with Crippen molar-refractivity contribution in [2.24, 2.45) is 0 Å². The van der Waals surface area contributed by atoms with Gasteiger partial charge in [0, 0.05) is 6.20 Å². The molecule has 1 aromatic rings. The average Bonchev–Trinajstić information content (AvgIpc) is 2.69. The maximum atomic E-state index is 11.4. The van der Waals surface area contributed by atoms with Crippen molar-refractivity contribution in [3.05, 3.63) is 18.0 Å². The van der Waals surface area contributed by atoms with Crippen LogP contribution in [-0.2, 0) is 0 Å². The third-order valence-electron chi connectivity index (χ3n) is 2.06. The van der Waals surface area contributed by atoms with Gasteiger partial charge in [0.2, 0.25) is 0 Å². The molecule has 0 spiro atoms. The van der Waals surface area contributed by atoms with Gasteiger partial charge < -0.3 is 5.32 Å². The van der Waals surface area contributed by atoms with Gasteiger partial charge in [-0.05, 0) is 18.9 Å². The third kappa shape index (κ3) is 1.38. The molecule has 1 aliphatic carbocycles. The van der Waals surface area contributed by atoms with Gasteiger partial charge in [-0.3, -0.25) is 9.89 Å². The van der Waals surface area contributed by atoms with Crippen LogP contribution in [0.15, 0.2) is 12.3 Å². The molecule has 0 bridgehead atoms. The Kier molecular flexibility index (Phi) is 1.55. The number of hydrogen-bond donors (Lipinski definition) is 2. The Hall–Kier alpha value is -1.83. The molecule has 5 nitrogen and oxygen atoms in total. The molecule has 2 N–H and O–H groups in total. The standard InChI is InChI=1S/C8H8N4O/c9-5-8(2-3-8)11-7(13)6-1-4-10-12-6/h1,4H,2-3H2,(H,10,12)(H,11,13). The minimum Gasteiger partial charge on any atom is -0.332 e. The average molecular weight is 176 g/mol. The van der Waals surface area contributed by atoms with E-state index >= 15 is 0 Å². The highest BCUT2D eigenvalue weighted by Gasteiger charge is 2.44. The van der Waals surface area contributed by atoms with E-state index in [0.717, 1.165) is 12.8 Å². The SMILES string of the molecule is N#CC1(NC(=O)c2ccn[nH]2)CC1. The lowest BCUT2D eigenvalue weighted by atomic mass is 10.3. The summed E-state index contributed by atoms with van der Waals surface area (Å²) in [5.74, 6) is -0.267. The van der Waals surface area contributed by atoms with E-state index in [1.54, 1.807) is 6.07 Å². The van der Waals surface area contributed by atoms with Crippen molar-refractivity contribution in [3.63, 3.8) is 0 Å². The summed E-state index contributed by atoms with van der Waals surface area (Å²) in [5.41, 5.74) is -0.219. The van der Waals surface area contributed by atoms with E-state index in [2.05, 4.69) is 21.6 Å². The molecule has 0 saturated heterocycles. The Balaban J connectivity index is 2.05. The molecule has 1 aromatic heterocycles. The van der Waals surface area contributed by atoms with Crippen molar-refractivity contribution in [1.82, 2.24) is 15.5 Å². The van der Waals surface area contributed by atoms with Crippen molar-refractivity contribution in [3.8, 4) is 6.07 Å². The lowest BCUT2D eigenvalue weighted by molar-refractivity contribution is 0.0936. The van der Waals surface area contributed by atoms with Crippen LogP contribution in [0.3, 0.4) is 0 Å². The van der Waals surface area contributed by atoms with Gasteiger partial charge in [-0.2, -0.15) is 10.4 Å². The monoisotopic (exact) mass is 176 g/mol. The van der Waals surface area contributed by atoms with Crippen molar-refractivity contribution in [2.45, 2.75) is 18.4 Å². The lowest BCUT2D eigenvalue weighted by Crippen LogP contribution is -2.35. The maximum Gasteiger partial charge on any atom is 0.270 e. The van der Waals surface area contributed by atoms with Gasteiger partial charge >= 0.3 is 0 Å². The summed E-state index contributed by atoms with van der Waals surface area (Å²) >= 11 is 0. The molecule has 2 rings (SSSR count). The number of nitrogens with zero attached hydrogens (tertiary/aromatic N) is 2. The molecule has 1 amide bonds. The predicted molar refractivity (Wildman–Crippen MR) is 43.6 cm³/mol. The highest BCUT2D eigenvalue weighted by atomic mass is 16.2. The predicted octanol–water partition coefficient (Wildman–Crippen LogP) is 0.196. The molecule has 1 aliphatic rings. The third-order valence-corrected chi connectivity index (χ3v) is 2.06. The van der Waals surface area contributed by atoms with Crippen LogP contribution in [0.4, 0.5) is 0 Å². The number of aromatic nitrogens is 2. The van der Waals surface area contributed by atoms with E-state index < -0.39 is 5.54 Å². The van der Waals surface area contributed by atoms with E-state index in [0.29, 0.717) is 5.69 Å². The van der Waals surface area contributed by atoms with Crippen LogP contribution in [0.25, 0.3) is 0 Å². The molecule has 13 heavy (non-hydrogen) atoms. The molecule has 1 saturated carbocycles. The fourth-order valence-corrected chi connectivity index (χ4v) is 1.06. The molecule has 0 aliphatic heterocycles. The van der Waals surface area contributed by atoms with Crippen molar-refractivity contribution < 1.29 is 4.79 Å². The molecular formula is C8H8N4O. The lowest BCUT2D eigenvalue weighted by Gasteiger charge is -2.06. The number of nitrogens with one attached hydrogen (secondary N) is 2. The Bertz CT molecular complexity index is 358. The molecule has 1 heterocycles. The van der Waals surface area contributed by atoms with E-state index in [9.17, 15) is 4.79 Å². The normalized spacial score (nSPS) is 17.5. The molecule has 0 aromatic carbocycles. The zero-order valence-corrected chi connectivity index (χ0v) is 6.87. The van der Waals surface area contributed by atoms with Gasteiger partial charge in [0.05, 0.1) is 6.07 Å². The minimum atomic E-state index is -0.609. The second-order valence-electron chi connectivity index (χ2n) is 3.12. The highest BCUT2D eigenvalue weighted by molar-refractivity contribution is 5.93. The summed E-state index contributed by atoms with van der Waals surface area (Å²) in [7, 11) is 0. The number of H-pyrrole nitrogens is 1. The maximum absolute atomic E-state index is 11.4. The first-order valence-electron chi connectivity index (χ1n) is 3.99. The van der Waals surface area contributed by atoms with Gasteiger partial charge in [0.25, 0.3) is 5.91 Å². The Labute approximate surface area is 74.8 Å². The second-order valence-corrected chi connectivity index (χ2v) is 3.12. The first-order valence-corrected chi connectivity index (χ1v) is 3.99. The fraction of sp³-hybridized carbons (Fsp3) is 0.375. The van der Waals surface area contributed by atoms with Gasteiger partial charge in [-0.25, -0.2) is 0 Å². The fourth-order valence-electron chi connectivity index (χ4n) is 1.06. The second kappa shape index (κ2) is 2.59. The molecule has 0 unspecified atom stereocenters. The highest BCUT2D eigenvalue weighted by Crippen LogP contribution is 2.34. The number of hydrogen-bond acceptors (Lipinski definition) is 3. The molecular weight excluding hydrogens is 168 g/mol. The Morgan fingerprint density at radius 1 is 1.77 bits per heavy atom. The van der Waals surface area contributed by atoms with Crippen LogP contribution in [-0.4, -0.2) is 21.6 Å². The van der Waals surface area contributed by atoms with E-state index in [-0.39, 0.29) is 5.91 Å². The molecule has 0 radical (unpaired) electrons. The van der Waals surface area contributed by atoms with Crippen LogP contribution in [0.5, 0.6) is 0 Å². The number of carbonyl (C=O) groups is 1. The summed E-state index contributed by atoms with van der Waals surface area (Å²) in [6.45, 7) is 0. The van der Waals surface area contributed by atoms with E-state index in [4.69, 9.17) is 5.26 Å². The van der Waals surface area contributed by atoms with Gasteiger partial charge in [0.1, 0.15) is 11.2 Å². The van der Waals surface area contributed by atoms with Gasteiger partial charge in [-0.15, -0.1) is 0 Å². The Morgan fingerprint density at radius 2 is 2.54 bits per heavy atom. The molecule has 5 heteroatoms. The number of aromatic amines is 1. The van der Waals surface area contributed by atoms with Crippen molar-refractivity contribution in [1.29, 1.82) is 5.26 Å². The zero-order chi connectivity index (χ0) is 9.31. The first-order chi connectivity index (χ1) is 6.26. The summed E-state index contributed by atoms with van der Waals surface area (Å²) in [5, 5.41) is 17.6. The van der Waals surface area contributed by atoms with Crippen LogP contribution in [0.2, 0.25) is 0 Å². The van der Waals surface area contributed by atoms with Crippen LogP contribution in [0, 0.1) is 11.3 Å². The van der Waals surface area contributed by atoms with E-state index in [1.807, 2.05) is 0 Å². The smallest absolute Gasteiger partial charge is 0.270 e. The number of amides is 1. The van der Waals surface area contributed by atoms with E-state index in [1.165, 1.54) is 6.20 Å². The summed E-state index contributed by atoms with van der Waals surface area (Å²) in [6.07, 6.45) is 2.98. The Morgan fingerprint density at radius 3 is 3.00 bits per heavy atom. The van der Waals surface area contributed by atoms with Crippen molar-refractivity contribution >= 4 is 5.91 Å². The quantitative estimate of drug-likeness (QED) is 0.675. The number of nitriles is 1. The molecule has 66 valence electrons. The molecule has 0 atom stereocenters. The van der Waals surface area contributed by atoms with Crippen LogP contribution in [0.1, 0.15) is 23.3 Å². The van der Waals surface area contributed by atoms with Gasteiger partial charge in [0.15, 0.2) is 0 Å².